The minimum Gasteiger partial charge on any atom is -0.477 e. The number of rotatable bonds is 3. The monoisotopic (exact) mass is 210 g/mol. The maximum Gasteiger partial charge on any atom is 0.346 e. The summed E-state index contributed by atoms with van der Waals surface area (Å²) in [6.07, 6.45) is 0.391. The van der Waals surface area contributed by atoms with E-state index >= 15 is 0 Å². The Morgan fingerprint density at radius 3 is 3.14 bits per heavy atom. The van der Waals surface area contributed by atoms with Gasteiger partial charge in [-0.1, -0.05) is 5.21 Å². The molecule has 6 nitrogen and oxygen atoms in total. The van der Waals surface area contributed by atoms with Gasteiger partial charge in [0.2, 0.25) is 0 Å². The van der Waals surface area contributed by atoms with Crippen LogP contribution in [0.4, 0.5) is 0 Å². The number of nitrogens with one attached hydrogen (secondary N) is 1. The lowest BCUT2D eigenvalue weighted by Gasteiger charge is -1.94. The number of hydrogen-bond donors (Lipinski definition) is 2. The Balaban J connectivity index is 2.25. The second-order valence-corrected chi connectivity index (χ2v) is 3.50. The maximum atomic E-state index is 10.8. The number of aromatic nitrogens is 4. The molecule has 0 bridgehead atoms. The second-order valence-electron chi connectivity index (χ2n) is 2.58. The van der Waals surface area contributed by atoms with Gasteiger partial charge in [0, 0.05) is 6.42 Å². The first-order valence-electron chi connectivity index (χ1n) is 3.79. The molecule has 0 atom stereocenters. The molecule has 0 saturated carbocycles. The highest BCUT2D eigenvalue weighted by atomic mass is 32.1. The van der Waals surface area contributed by atoms with Crippen LogP contribution in [0.2, 0.25) is 0 Å². The van der Waals surface area contributed by atoms with E-state index in [9.17, 15) is 4.79 Å². The number of carboxylic acids is 1. The fraction of sp³-hybridized carbons (Fsp3) is 0.143. The van der Waals surface area contributed by atoms with Gasteiger partial charge >= 0.3 is 5.97 Å². The summed E-state index contributed by atoms with van der Waals surface area (Å²) >= 11 is 1.19. The van der Waals surface area contributed by atoms with Gasteiger partial charge in [-0.25, -0.2) is 4.79 Å². The Kier molecular flexibility index (Phi) is 2.23. The number of tetrazole rings is 1. The highest BCUT2D eigenvalue weighted by molar-refractivity contribution is 7.12. The van der Waals surface area contributed by atoms with E-state index < -0.39 is 5.97 Å². The number of carbonyl (C=O) groups is 1. The first-order chi connectivity index (χ1) is 6.77. The van der Waals surface area contributed by atoms with E-state index in [0.29, 0.717) is 22.7 Å². The van der Waals surface area contributed by atoms with Crippen molar-refractivity contribution in [2.24, 2.45) is 0 Å². The maximum absolute atomic E-state index is 10.8. The summed E-state index contributed by atoms with van der Waals surface area (Å²) in [5, 5.41) is 23.8. The molecule has 0 aromatic carbocycles. The Morgan fingerprint density at radius 1 is 1.64 bits per heavy atom. The molecule has 0 fully saturated rings. The smallest absolute Gasteiger partial charge is 0.346 e. The quantitative estimate of drug-likeness (QED) is 0.771. The molecule has 2 heterocycles. The molecular weight excluding hydrogens is 204 g/mol. The van der Waals surface area contributed by atoms with Gasteiger partial charge in [0.05, 0.1) is 0 Å². The van der Waals surface area contributed by atoms with E-state index in [4.69, 9.17) is 5.11 Å². The number of carboxylic acid groups (broad SMARTS) is 1. The van der Waals surface area contributed by atoms with Gasteiger partial charge in [0.1, 0.15) is 4.88 Å². The average Bonchev–Trinajstić information content (AvgIpc) is 2.75. The SMILES string of the molecule is O=C(O)c1sccc1Cc1nn[nH]n1. The van der Waals surface area contributed by atoms with Crippen LogP contribution in [0.25, 0.3) is 0 Å². The molecule has 2 rings (SSSR count). The Morgan fingerprint density at radius 2 is 2.50 bits per heavy atom. The third-order valence-corrected chi connectivity index (χ3v) is 2.62. The standard InChI is InChI=1S/C7H6N4O2S/c12-7(13)6-4(1-2-14-6)3-5-8-10-11-9-5/h1-2H,3H2,(H,12,13)(H,8,9,10,11). The van der Waals surface area contributed by atoms with Crippen molar-refractivity contribution in [2.45, 2.75) is 6.42 Å². The summed E-state index contributed by atoms with van der Waals surface area (Å²) in [6.45, 7) is 0. The van der Waals surface area contributed by atoms with Crippen molar-refractivity contribution >= 4 is 17.3 Å². The number of aromatic amines is 1. The highest BCUT2D eigenvalue weighted by Gasteiger charge is 2.13. The predicted molar refractivity (Wildman–Crippen MR) is 48.3 cm³/mol. The summed E-state index contributed by atoms with van der Waals surface area (Å²) in [6, 6.07) is 1.75. The molecule has 2 aromatic heterocycles. The van der Waals surface area contributed by atoms with Crippen LogP contribution in [-0.4, -0.2) is 31.7 Å². The average molecular weight is 210 g/mol. The van der Waals surface area contributed by atoms with Gasteiger partial charge < -0.3 is 5.11 Å². The summed E-state index contributed by atoms with van der Waals surface area (Å²) in [7, 11) is 0. The van der Waals surface area contributed by atoms with Crippen molar-refractivity contribution < 1.29 is 9.90 Å². The normalized spacial score (nSPS) is 10.3. The van der Waals surface area contributed by atoms with Crippen molar-refractivity contribution in [3.8, 4) is 0 Å². The van der Waals surface area contributed by atoms with Gasteiger partial charge in [-0.15, -0.1) is 21.5 Å². The van der Waals surface area contributed by atoms with E-state index in [1.165, 1.54) is 11.3 Å². The van der Waals surface area contributed by atoms with Crippen molar-refractivity contribution in [3.05, 3.63) is 27.7 Å². The van der Waals surface area contributed by atoms with Gasteiger partial charge in [-0.05, 0) is 17.0 Å². The zero-order valence-electron chi connectivity index (χ0n) is 6.97. The third kappa shape index (κ3) is 1.62. The van der Waals surface area contributed by atoms with Crippen molar-refractivity contribution in [1.29, 1.82) is 0 Å². The van der Waals surface area contributed by atoms with Gasteiger partial charge in [-0.3, -0.25) is 0 Å². The molecule has 0 saturated heterocycles. The molecule has 2 aromatic rings. The zero-order valence-corrected chi connectivity index (χ0v) is 7.78. The molecule has 0 aliphatic rings. The third-order valence-electron chi connectivity index (χ3n) is 1.68. The number of H-pyrrole nitrogens is 1. The van der Waals surface area contributed by atoms with Crippen LogP contribution in [0.5, 0.6) is 0 Å². The summed E-state index contributed by atoms with van der Waals surface area (Å²) in [4.78, 5) is 11.1. The van der Waals surface area contributed by atoms with Crippen LogP contribution in [-0.2, 0) is 6.42 Å². The lowest BCUT2D eigenvalue weighted by Crippen LogP contribution is -1.99. The molecule has 0 aliphatic carbocycles. The molecule has 72 valence electrons. The van der Waals surface area contributed by atoms with Crippen LogP contribution in [0.3, 0.4) is 0 Å². The predicted octanol–water partition coefficient (Wildman–Crippen LogP) is 0.550. The van der Waals surface area contributed by atoms with E-state index in [0.717, 1.165) is 0 Å². The summed E-state index contributed by atoms with van der Waals surface area (Å²) < 4.78 is 0. The summed E-state index contributed by atoms with van der Waals surface area (Å²) in [5.74, 6) is -0.426. The van der Waals surface area contributed by atoms with Gasteiger partial charge in [-0.2, -0.15) is 5.21 Å². The van der Waals surface area contributed by atoms with Crippen molar-refractivity contribution in [1.82, 2.24) is 20.6 Å². The number of thiophene rings is 1. The molecule has 0 amide bonds. The second kappa shape index (κ2) is 3.54. The first kappa shape index (κ1) is 8.82. The minimum atomic E-state index is -0.918. The van der Waals surface area contributed by atoms with E-state index in [1.54, 1.807) is 11.4 Å². The lowest BCUT2D eigenvalue weighted by atomic mass is 10.2. The number of aromatic carboxylic acids is 1. The zero-order chi connectivity index (χ0) is 9.97. The Hall–Kier alpha value is -1.76. The molecule has 2 N–H and O–H groups in total. The molecular formula is C7H6N4O2S. The molecule has 0 spiro atoms. The van der Waals surface area contributed by atoms with Crippen LogP contribution in [0, 0.1) is 0 Å². The van der Waals surface area contributed by atoms with Crippen LogP contribution in [0.15, 0.2) is 11.4 Å². The number of nitrogens with zero attached hydrogens (tertiary/aromatic N) is 3. The largest absolute Gasteiger partial charge is 0.477 e. The van der Waals surface area contributed by atoms with Crippen LogP contribution < -0.4 is 0 Å². The fourth-order valence-corrected chi connectivity index (χ4v) is 1.85. The molecule has 0 radical (unpaired) electrons. The Bertz CT molecular complexity index is 436. The summed E-state index contributed by atoms with van der Waals surface area (Å²) in [5.41, 5.74) is 0.712. The molecule has 7 heteroatoms. The lowest BCUT2D eigenvalue weighted by molar-refractivity contribution is 0.0701. The molecule has 0 aliphatic heterocycles. The molecule has 14 heavy (non-hydrogen) atoms. The van der Waals surface area contributed by atoms with E-state index in [1.807, 2.05) is 0 Å². The fourth-order valence-electron chi connectivity index (χ4n) is 1.09. The molecule has 0 unspecified atom stereocenters. The van der Waals surface area contributed by atoms with E-state index in [2.05, 4.69) is 20.6 Å². The van der Waals surface area contributed by atoms with Crippen molar-refractivity contribution in [2.75, 3.05) is 0 Å². The van der Waals surface area contributed by atoms with Crippen LogP contribution >= 0.6 is 11.3 Å². The highest BCUT2D eigenvalue weighted by Crippen LogP contribution is 2.18. The van der Waals surface area contributed by atoms with Gasteiger partial charge in [0.15, 0.2) is 5.82 Å². The van der Waals surface area contributed by atoms with Gasteiger partial charge in [0.25, 0.3) is 0 Å². The van der Waals surface area contributed by atoms with Crippen molar-refractivity contribution in [3.63, 3.8) is 0 Å². The minimum absolute atomic E-state index is 0.329. The number of hydrogen-bond acceptors (Lipinski definition) is 5. The first-order valence-corrected chi connectivity index (χ1v) is 4.67. The van der Waals surface area contributed by atoms with Crippen LogP contribution in [0.1, 0.15) is 21.1 Å². The Labute approximate surface area is 82.6 Å². The van der Waals surface area contributed by atoms with E-state index in [-0.39, 0.29) is 0 Å². The topological polar surface area (TPSA) is 91.8 Å².